The van der Waals surface area contributed by atoms with Crippen molar-refractivity contribution in [2.24, 2.45) is 0 Å². The lowest BCUT2D eigenvalue weighted by Crippen LogP contribution is -2.28. The van der Waals surface area contributed by atoms with Gasteiger partial charge in [-0.05, 0) is 22.0 Å². The number of hydrogen-bond acceptors (Lipinski definition) is 5. The van der Waals surface area contributed by atoms with Gasteiger partial charge in [0.2, 0.25) is 0 Å². The first-order valence-electron chi connectivity index (χ1n) is 5.64. The Morgan fingerprint density at radius 3 is 2.85 bits per heavy atom. The van der Waals surface area contributed by atoms with Gasteiger partial charge in [-0.15, -0.1) is 0 Å². The number of rotatable bonds is 7. The maximum atomic E-state index is 11.8. The summed E-state index contributed by atoms with van der Waals surface area (Å²) in [6, 6.07) is 1.56. The van der Waals surface area contributed by atoms with Gasteiger partial charge in [-0.25, -0.2) is 13.4 Å². The van der Waals surface area contributed by atoms with Gasteiger partial charge >= 0.3 is 0 Å². The second kappa shape index (κ2) is 7.92. The Hall–Kier alpha value is -0.700. The summed E-state index contributed by atoms with van der Waals surface area (Å²) >= 11 is 9.02. The van der Waals surface area contributed by atoms with Gasteiger partial charge in [-0.3, -0.25) is 4.79 Å². The second-order valence-electron chi connectivity index (χ2n) is 3.99. The molecule has 1 N–H and O–H groups in total. The molecule has 0 unspecified atom stereocenters. The Labute approximate surface area is 130 Å². The van der Waals surface area contributed by atoms with Gasteiger partial charge in [0.25, 0.3) is 5.91 Å². The molecule has 6 nitrogen and oxygen atoms in total. The van der Waals surface area contributed by atoms with E-state index in [9.17, 15) is 13.2 Å². The molecule has 0 aromatic carbocycles. The van der Waals surface area contributed by atoms with E-state index in [1.807, 2.05) is 0 Å². The molecule has 20 heavy (non-hydrogen) atoms. The largest absolute Gasteiger partial charge is 0.379 e. The van der Waals surface area contributed by atoms with Crippen molar-refractivity contribution in [2.45, 2.75) is 0 Å². The van der Waals surface area contributed by atoms with Crippen LogP contribution < -0.4 is 5.32 Å². The van der Waals surface area contributed by atoms with Crippen LogP contribution in [0, 0.1) is 0 Å². The fourth-order valence-corrected chi connectivity index (χ4v) is 2.17. The van der Waals surface area contributed by atoms with Crippen LogP contribution in [0.15, 0.2) is 16.7 Å². The van der Waals surface area contributed by atoms with E-state index < -0.39 is 9.84 Å². The van der Waals surface area contributed by atoms with Crippen molar-refractivity contribution in [3.8, 4) is 0 Å². The normalized spacial score (nSPS) is 11.3. The molecule has 1 amide bonds. The fraction of sp³-hybridized carbons (Fsp3) is 0.455. The van der Waals surface area contributed by atoms with Gasteiger partial charge < -0.3 is 10.1 Å². The Bertz CT molecular complexity index is 580. The SMILES string of the molecule is CS(=O)(=O)CCOCCNC(=O)c1cc(Br)cnc1Cl. The monoisotopic (exact) mass is 384 g/mol. The highest BCUT2D eigenvalue weighted by molar-refractivity contribution is 9.10. The number of carbonyl (C=O) groups is 1. The van der Waals surface area contributed by atoms with Crippen LogP contribution in [0.2, 0.25) is 5.15 Å². The van der Waals surface area contributed by atoms with E-state index in [-0.39, 0.29) is 42.1 Å². The highest BCUT2D eigenvalue weighted by Crippen LogP contribution is 2.17. The molecule has 9 heteroatoms. The molecule has 0 spiro atoms. The van der Waals surface area contributed by atoms with Crippen molar-refractivity contribution >= 4 is 43.3 Å². The minimum Gasteiger partial charge on any atom is -0.379 e. The molecule has 0 aliphatic carbocycles. The molecule has 1 rings (SSSR count). The predicted molar refractivity (Wildman–Crippen MR) is 79.8 cm³/mol. The van der Waals surface area contributed by atoms with Gasteiger partial charge in [-0.1, -0.05) is 11.6 Å². The van der Waals surface area contributed by atoms with Crippen molar-refractivity contribution < 1.29 is 17.9 Å². The molecule has 0 atom stereocenters. The van der Waals surface area contributed by atoms with E-state index in [0.29, 0.717) is 4.47 Å². The summed E-state index contributed by atoms with van der Waals surface area (Å²) in [5.74, 6) is -0.405. The number of carbonyl (C=O) groups excluding carboxylic acids is 1. The molecular formula is C11H14BrClN2O4S. The van der Waals surface area contributed by atoms with Gasteiger partial charge in [-0.2, -0.15) is 0 Å². The topological polar surface area (TPSA) is 85.4 Å². The van der Waals surface area contributed by atoms with Crippen LogP contribution in [0.25, 0.3) is 0 Å². The first-order chi connectivity index (χ1) is 9.29. The number of nitrogens with one attached hydrogen (secondary N) is 1. The van der Waals surface area contributed by atoms with Crippen molar-refractivity contribution in [3.63, 3.8) is 0 Å². The van der Waals surface area contributed by atoms with Gasteiger partial charge in [0.1, 0.15) is 15.0 Å². The van der Waals surface area contributed by atoms with E-state index in [0.717, 1.165) is 6.26 Å². The Balaban J connectivity index is 2.32. The van der Waals surface area contributed by atoms with Crippen molar-refractivity contribution in [2.75, 3.05) is 31.8 Å². The van der Waals surface area contributed by atoms with Gasteiger partial charge in [0, 0.05) is 23.5 Å². The highest BCUT2D eigenvalue weighted by atomic mass is 79.9. The molecule has 0 aliphatic rings. The number of hydrogen-bond donors (Lipinski definition) is 1. The predicted octanol–water partition coefficient (Wildman–Crippen LogP) is 1.29. The van der Waals surface area contributed by atoms with Crippen LogP contribution in [0.5, 0.6) is 0 Å². The van der Waals surface area contributed by atoms with E-state index in [1.54, 1.807) is 6.07 Å². The quantitative estimate of drug-likeness (QED) is 0.565. The zero-order chi connectivity index (χ0) is 15.2. The summed E-state index contributed by atoms with van der Waals surface area (Å²) in [4.78, 5) is 15.6. The Morgan fingerprint density at radius 1 is 1.50 bits per heavy atom. The summed E-state index contributed by atoms with van der Waals surface area (Å²) < 4.78 is 27.4. The standard InChI is InChI=1S/C11H14BrClN2O4S/c1-20(17,18)5-4-19-3-2-14-11(16)9-6-8(12)7-15-10(9)13/h6-7H,2-5H2,1H3,(H,14,16). The molecule has 1 aromatic heterocycles. The van der Waals surface area contributed by atoms with E-state index in [1.165, 1.54) is 6.20 Å². The molecule has 0 aliphatic heterocycles. The van der Waals surface area contributed by atoms with Crippen LogP contribution in [0.3, 0.4) is 0 Å². The molecule has 0 radical (unpaired) electrons. The summed E-state index contributed by atoms with van der Waals surface area (Å²) in [6.45, 7) is 0.583. The van der Waals surface area contributed by atoms with Crippen LogP contribution in [-0.2, 0) is 14.6 Å². The zero-order valence-electron chi connectivity index (χ0n) is 10.7. The summed E-state index contributed by atoms with van der Waals surface area (Å²) in [6.07, 6.45) is 2.63. The maximum absolute atomic E-state index is 11.8. The van der Waals surface area contributed by atoms with Crippen LogP contribution in [-0.4, -0.2) is 51.1 Å². The highest BCUT2D eigenvalue weighted by Gasteiger charge is 2.11. The summed E-state index contributed by atoms with van der Waals surface area (Å²) in [5, 5.41) is 2.72. The first-order valence-corrected chi connectivity index (χ1v) is 8.87. The average molecular weight is 386 g/mol. The number of ether oxygens (including phenoxy) is 1. The maximum Gasteiger partial charge on any atom is 0.254 e. The number of nitrogens with zero attached hydrogens (tertiary/aromatic N) is 1. The van der Waals surface area contributed by atoms with Crippen molar-refractivity contribution in [1.82, 2.24) is 10.3 Å². The zero-order valence-corrected chi connectivity index (χ0v) is 13.9. The van der Waals surface area contributed by atoms with E-state index in [4.69, 9.17) is 16.3 Å². The fourth-order valence-electron chi connectivity index (χ4n) is 1.23. The van der Waals surface area contributed by atoms with Gasteiger partial charge in [0.05, 0.1) is 24.5 Å². The third-order valence-corrected chi connectivity index (χ3v) is 3.82. The number of amides is 1. The number of halogens is 2. The number of sulfone groups is 1. The lowest BCUT2D eigenvalue weighted by molar-refractivity contribution is 0.0923. The molecule has 112 valence electrons. The summed E-state index contributed by atoms with van der Waals surface area (Å²) in [7, 11) is -3.02. The molecule has 0 fully saturated rings. The minimum absolute atomic E-state index is 0.0394. The Kier molecular flexibility index (Phi) is 6.87. The third-order valence-electron chi connectivity index (χ3n) is 2.18. The average Bonchev–Trinajstić information content (AvgIpc) is 2.35. The second-order valence-corrected chi connectivity index (χ2v) is 7.52. The molecule has 1 heterocycles. The number of pyridine rings is 1. The summed E-state index contributed by atoms with van der Waals surface area (Å²) in [5.41, 5.74) is 0.261. The van der Waals surface area contributed by atoms with Crippen molar-refractivity contribution in [3.05, 3.63) is 27.5 Å². The van der Waals surface area contributed by atoms with Crippen LogP contribution >= 0.6 is 27.5 Å². The lowest BCUT2D eigenvalue weighted by atomic mass is 10.2. The van der Waals surface area contributed by atoms with E-state index >= 15 is 0 Å². The van der Waals surface area contributed by atoms with Crippen LogP contribution in [0.1, 0.15) is 10.4 Å². The molecule has 1 aromatic rings. The third kappa shape index (κ3) is 6.65. The molecule has 0 saturated heterocycles. The molecule has 0 bridgehead atoms. The molecule has 0 saturated carbocycles. The lowest BCUT2D eigenvalue weighted by Gasteiger charge is -2.07. The first kappa shape index (κ1) is 17.4. The number of aromatic nitrogens is 1. The Morgan fingerprint density at radius 2 is 2.20 bits per heavy atom. The minimum atomic E-state index is -3.02. The van der Waals surface area contributed by atoms with Crippen LogP contribution in [0.4, 0.5) is 0 Å². The molecular weight excluding hydrogens is 372 g/mol. The smallest absolute Gasteiger partial charge is 0.254 e. The van der Waals surface area contributed by atoms with Crippen molar-refractivity contribution in [1.29, 1.82) is 0 Å². The van der Waals surface area contributed by atoms with E-state index in [2.05, 4.69) is 26.2 Å². The van der Waals surface area contributed by atoms with Gasteiger partial charge in [0.15, 0.2) is 0 Å².